The highest BCUT2D eigenvalue weighted by molar-refractivity contribution is 9.10. The fourth-order valence-corrected chi connectivity index (χ4v) is 1.79. The van der Waals surface area contributed by atoms with Gasteiger partial charge in [-0.05, 0) is 32.0 Å². The van der Waals surface area contributed by atoms with E-state index in [0.29, 0.717) is 0 Å². The van der Waals surface area contributed by atoms with E-state index in [2.05, 4.69) is 52.5 Å². The van der Waals surface area contributed by atoms with E-state index in [4.69, 9.17) is 0 Å². The van der Waals surface area contributed by atoms with Crippen molar-refractivity contribution in [3.05, 3.63) is 22.7 Å². The Morgan fingerprint density at radius 3 is 2.58 bits per heavy atom. The Bertz CT molecular complexity index is 320. The van der Waals surface area contributed by atoms with Gasteiger partial charge in [0.2, 0.25) is 0 Å². The van der Waals surface area contributed by atoms with Crippen molar-refractivity contribution in [3.8, 4) is 0 Å². The van der Waals surface area contributed by atoms with E-state index in [1.54, 1.807) is 0 Å². The van der Waals surface area contributed by atoms with E-state index in [9.17, 15) is 0 Å². The Labute approximate surface area is 80.5 Å². The standard InChI is InChI=1S/C9H11BrN2/c1-9(2)11-7-4-3-6(10)5-8(7)12-9/h3-5,11-12H,1-2H3. The van der Waals surface area contributed by atoms with Crippen molar-refractivity contribution < 1.29 is 0 Å². The van der Waals surface area contributed by atoms with E-state index in [1.165, 1.54) is 5.69 Å². The first-order valence-corrected chi connectivity index (χ1v) is 4.72. The molecule has 0 radical (unpaired) electrons. The molecule has 1 heterocycles. The second-order valence-electron chi connectivity index (χ2n) is 3.56. The molecule has 0 bridgehead atoms. The predicted molar refractivity (Wildman–Crippen MR) is 55.5 cm³/mol. The van der Waals surface area contributed by atoms with Crippen LogP contribution in [0.2, 0.25) is 0 Å². The smallest absolute Gasteiger partial charge is 0.102 e. The second-order valence-corrected chi connectivity index (χ2v) is 4.48. The first-order valence-electron chi connectivity index (χ1n) is 3.93. The molecule has 0 spiro atoms. The van der Waals surface area contributed by atoms with Crippen molar-refractivity contribution in [3.63, 3.8) is 0 Å². The lowest BCUT2D eigenvalue weighted by atomic mass is 10.3. The number of benzene rings is 1. The molecule has 2 N–H and O–H groups in total. The Morgan fingerprint density at radius 1 is 1.17 bits per heavy atom. The summed E-state index contributed by atoms with van der Waals surface area (Å²) in [4.78, 5) is 0. The topological polar surface area (TPSA) is 24.1 Å². The van der Waals surface area contributed by atoms with Crippen LogP contribution in [0.4, 0.5) is 11.4 Å². The van der Waals surface area contributed by atoms with Gasteiger partial charge in [0.25, 0.3) is 0 Å². The highest BCUT2D eigenvalue weighted by Gasteiger charge is 2.25. The van der Waals surface area contributed by atoms with E-state index in [1.807, 2.05) is 6.07 Å². The highest BCUT2D eigenvalue weighted by Crippen LogP contribution is 2.35. The maximum Gasteiger partial charge on any atom is 0.102 e. The van der Waals surface area contributed by atoms with Crippen LogP contribution in [0.25, 0.3) is 0 Å². The summed E-state index contributed by atoms with van der Waals surface area (Å²) in [6.07, 6.45) is 0. The number of nitrogens with one attached hydrogen (secondary N) is 2. The fourth-order valence-electron chi connectivity index (χ4n) is 1.43. The van der Waals surface area contributed by atoms with Crippen molar-refractivity contribution in [2.75, 3.05) is 10.6 Å². The van der Waals surface area contributed by atoms with Gasteiger partial charge in [-0.3, -0.25) is 0 Å². The normalized spacial score (nSPS) is 17.9. The van der Waals surface area contributed by atoms with Crippen LogP contribution < -0.4 is 10.6 Å². The summed E-state index contributed by atoms with van der Waals surface area (Å²) < 4.78 is 1.10. The summed E-state index contributed by atoms with van der Waals surface area (Å²) in [5, 5.41) is 6.74. The zero-order valence-corrected chi connectivity index (χ0v) is 8.70. The molecule has 1 aliphatic heterocycles. The Morgan fingerprint density at radius 2 is 1.83 bits per heavy atom. The number of hydrogen-bond acceptors (Lipinski definition) is 2. The SMILES string of the molecule is CC1(C)Nc2ccc(Br)cc2N1. The minimum Gasteiger partial charge on any atom is -0.362 e. The van der Waals surface area contributed by atoms with Gasteiger partial charge in [-0.2, -0.15) is 0 Å². The van der Waals surface area contributed by atoms with Gasteiger partial charge >= 0.3 is 0 Å². The number of hydrogen-bond donors (Lipinski definition) is 2. The van der Waals surface area contributed by atoms with Crippen LogP contribution in [0.15, 0.2) is 22.7 Å². The quantitative estimate of drug-likeness (QED) is 0.711. The molecular weight excluding hydrogens is 216 g/mol. The molecular formula is C9H11BrN2. The molecule has 0 fully saturated rings. The summed E-state index contributed by atoms with van der Waals surface area (Å²) in [5.41, 5.74) is 2.31. The third kappa shape index (κ3) is 1.29. The number of fused-ring (bicyclic) bond motifs is 1. The van der Waals surface area contributed by atoms with Gasteiger partial charge in [-0.1, -0.05) is 15.9 Å². The second kappa shape index (κ2) is 2.39. The van der Waals surface area contributed by atoms with E-state index >= 15 is 0 Å². The van der Waals surface area contributed by atoms with Crippen LogP contribution in [0.3, 0.4) is 0 Å². The molecule has 0 unspecified atom stereocenters. The van der Waals surface area contributed by atoms with Gasteiger partial charge < -0.3 is 10.6 Å². The average Bonchev–Trinajstić information content (AvgIpc) is 2.21. The van der Waals surface area contributed by atoms with Crippen LogP contribution in [-0.4, -0.2) is 5.66 Å². The minimum atomic E-state index is -0.0247. The molecule has 0 atom stereocenters. The molecule has 1 aromatic rings. The zero-order valence-electron chi connectivity index (χ0n) is 7.11. The van der Waals surface area contributed by atoms with Gasteiger partial charge in [0.1, 0.15) is 5.66 Å². The third-order valence-corrected chi connectivity index (χ3v) is 2.37. The summed E-state index contributed by atoms with van der Waals surface area (Å²) in [6, 6.07) is 6.19. The lowest BCUT2D eigenvalue weighted by Crippen LogP contribution is -2.33. The molecule has 3 heteroatoms. The monoisotopic (exact) mass is 226 g/mol. The van der Waals surface area contributed by atoms with E-state index in [-0.39, 0.29) is 5.66 Å². The van der Waals surface area contributed by atoms with Crippen LogP contribution in [0.1, 0.15) is 13.8 Å². The van der Waals surface area contributed by atoms with Crippen molar-refractivity contribution >= 4 is 27.3 Å². The molecule has 1 aliphatic rings. The summed E-state index contributed by atoms with van der Waals surface area (Å²) >= 11 is 3.43. The molecule has 2 rings (SSSR count). The van der Waals surface area contributed by atoms with Gasteiger partial charge in [-0.15, -0.1) is 0 Å². The number of halogens is 1. The maximum absolute atomic E-state index is 3.43. The molecule has 0 amide bonds. The highest BCUT2D eigenvalue weighted by atomic mass is 79.9. The Hall–Kier alpha value is -0.700. The van der Waals surface area contributed by atoms with Gasteiger partial charge in [0.05, 0.1) is 11.4 Å². The largest absolute Gasteiger partial charge is 0.362 e. The molecule has 0 saturated carbocycles. The van der Waals surface area contributed by atoms with Crippen molar-refractivity contribution in [2.24, 2.45) is 0 Å². The number of anilines is 2. The maximum atomic E-state index is 3.43. The average molecular weight is 227 g/mol. The summed E-state index contributed by atoms with van der Waals surface area (Å²) in [5.74, 6) is 0. The molecule has 0 aromatic heterocycles. The molecule has 0 aliphatic carbocycles. The first kappa shape index (κ1) is 7.92. The Balaban J connectivity index is 2.43. The van der Waals surface area contributed by atoms with Crippen LogP contribution in [0.5, 0.6) is 0 Å². The first-order chi connectivity index (χ1) is 5.57. The Kier molecular flexibility index (Phi) is 1.58. The fraction of sp³-hybridized carbons (Fsp3) is 0.333. The van der Waals surface area contributed by atoms with Crippen molar-refractivity contribution in [2.45, 2.75) is 19.5 Å². The number of rotatable bonds is 0. The van der Waals surface area contributed by atoms with E-state index in [0.717, 1.165) is 10.2 Å². The molecule has 12 heavy (non-hydrogen) atoms. The molecule has 0 saturated heterocycles. The predicted octanol–water partition coefficient (Wildman–Crippen LogP) is 3.02. The van der Waals surface area contributed by atoms with E-state index < -0.39 is 0 Å². The van der Waals surface area contributed by atoms with Gasteiger partial charge in [0, 0.05) is 4.47 Å². The van der Waals surface area contributed by atoms with Crippen LogP contribution in [-0.2, 0) is 0 Å². The van der Waals surface area contributed by atoms with Crippen LogP contribution >= 0.6 is 15.9 Å². The van der Waals surface area contributed by atoms with Crippen molar-refractivity contribution in [1.29, 1.82) is 0 Å². The lowest BCUT2D eigenvalue weighted by Gasteiger charge is -2.19. The zero-order chi connectivity index (χ0) is 8.77. The summed E-state index contributed by atoms with van der Waals surface area (Å²) in [6.45, 7) is 4.22. The molecule has 2 nitrogen and oxygen atoms in total. The third-order valence-electron chi connectivity index (χ3n) is 1.88. The molecule has 64 valence electrons. The van der Waals surface area contributed by atoms with Crippen LogP contribution in [0, 0.1) is 0 Å². The molecule has 1 aromatic carbocycles. The minimum absolute atomic E-state index is 0.0247. The summed E-state index contributed by atoms with van der Waals surface area (Å²) in [7, 11) is 0. The van der Waals surface area contributed by atoms with Crippen molar-refractivity contribution in [1.82, 2.24) is 0 Å². The van der Waals surface area contributed by atoms with Gasteiger partial charge in [0.15, 0.2) is 0 Å². The van der Waals surface area contributed by atoms with Gasteiger partial charge in [-0.25, -0.2) is 0 Å². The lowest BCUT2D eigenvalue weighted by molar-refractivity contribution is 0.675.